The van der Waals surface area contributed by atoms with Gasteiger partial charge in [-0.1, -0.05) is 20.8 Å². The molecule has 24 heavy (non-hydrogen) atoms. The van der Waals surface area contributed by atoms with E-state index in [2.05, 4.69) is 42.9 Å². The molecule has 0 unspecified atom stereocenters. The Balaban J connectivity index is 0.000000301. The summed E-state index contributed by atoms with van der Waals surface area (Å²) in [5.74, 6) is 0. The van der Waals surface area contributed by atoms with Crippen molar-refractivity contribution in [1.29, 1.82) is 0 Å². The van der Waals surface area contributed by atoms with E-state index in [0.717, 1.165) is 45.8 Å². The molecule has 0 aromatic rings. The average molecular weight is 343 g/mol. The Morgan fingerprint density at radius 2 is 1.54 bits per heavy atom. The van der Waals surface area contributed by atoms with Crippen LogP contribution in [0.1, 0.15) is 46.5 Å². The van der Waals surface area contributed by atoms with Crippen LogP contribution in [0, 0.1) is 10.8 Å². The van der Waals surface area contributed by atoms with Gasteiger partial charge < -0.3 is 16.0 Å². The van der Waals surface area contributed by atoms with E-state index < -0.39 is 5.67 Å². The van der Waals surface area contributed by atoms with E-state index in [1.807, 2.05) is 0 Å². The fourth-order valence-corrected chi connectivity index (χ4v) is 3.87. The average Bonchev–Trinajstić information content (AvgIpc) is 2.50. The molecule has 3 N–H and O–H groups in total. The van der Waals surface area contributed by atoms with Crippen LogP contribution >= 0.6 is 0 Å². The first kappa shape index (κ1) is 20.1. The number of likely N-dealkylation sites (tertiary alicyclic amines) is 2. The van der Waals surface area contributed by atoms with Crippen molar-refractivity contribution >= 4 is 0 Å². The normalized spacial score (nSPS) is 27.2. The summed E-state index contributed by atoms with van der Waals surface area (Å²) in [6.45, 7) is 14.2. The molecular formula is C19H39FN4. The van der Waals surface area contributed by atoms with E-state index >= 15 is 0 Å². The van der Waals surface area contributed by atoms with Crippen molar-refractivity contribution in [3.8, 4) is 0 Å². The van der Waals surface area contributed by atoms with Gasteiger partial charge in [0.15, 0.2) is 0 Å². The van der Waals surface area contributed by atoms with Crippen molar-refractivity contribution in [2.75, 3.05) is 59.4 Å². The van der Waals surface area contributed by atoms with Gasteiger partial charge in [0.05, 0.1) is 0 Å². The second kappa shape index (κ2) is 7.98. The molecular weight excluding hydrogens is 303 g/mol. The third kappa shape index (κ3) is 5.94. The summed E-state index contributed by atoms with van der Waals surface area (Å²) >= 11 is 0. The van der Waals surface area contributed by atoms with Crippen LogP contribution in [0.25, 0.3) is 0 Å². The number of nitrogens with zero attached hydrogens (tertiary/aromatic N) is 2. The highest BCUT2D eigenvalue weighted by atomic mass is 19.1. The van der Waals surface area contributed by atoms with Crippen LogP contribution in [0.3, 0.4) is 0 Å². The maximum Gasteiger partial charge on any atom is 0.126 e. The largest absolute Gasteiger partial charge is 0.330 e. The van der Waals surface area contributed by atoms with Gasteiger partial charge in [0.25, 0.3) is 0 Å². The van der Waals surface area contributed by atoms with E-state index in [1.54, 1.807) is 0 Å². The lowest BCUT2D eigenvalue weighted by Gasteiger charge is -2.54. The highest BCUT2D eigenvalue weighted by Gasteiger charge is 2.46. The zero-order valence-corrected chi connectivity index (χ0v) is 16.3. The molecule has 0 aromatic carbocycles. The molecule has 1 spiro atoms. The highest BCUT2D eigenvalue weighted by Crippen LogP contribution is 2.40. The standard InChI is InChI=1S/C14H26FN3.C5H13N/c1-17-8-4-14(15,5-9-17)12-18-10-13(11-18)2-6-16-7-3-13;1-5(2,3)4-6/h16H,2-12H2,1H3;4,6H2,1-3H3. The van der Waals surface area contributed by atoms with Crippen molar-refractivity contribution in [2.24, 2.45) is 16.6 Å². The molecule has 0 aromatic heterocycles. The number of hydrogen-bond acceptors (Lipinski definition) is 4. The quantitative estimate of drug-likeness (QED) is 0.807. The monoisotopic (exact) mass is 342 g/mol. The first-order chi connectivity index (χ1) is 11.2. The lowest BCUT2D eigenvalue weighted by Crippen LogP contribution is -2.63. The second-order valence-electron chi connectivity index (χ2n) is 9.61. The van der Waals surface area contributed by atoms with Gasteiger partial charge in [0.1, 0.15) is 5.67 Å². The summed E-state index contributed by atoms with van der Waals surface area (Å²) in [6.07, 6.45) is 4.00. The molecule has 5 heteroatoms. The van der Waals surface area contributed by atoms with Crippen LogP contribution in [-0.2, 0) is 0 Å². The van der Waals surface area contributed by atoms with Crippen LogP contribution in [-0.4, -0.2) is 74.9 Å². The molecule has 0 radical (unpaired) electrons. The summed E-state index contributed by atoms with van der Waals surface area (Å²) in [7, 11) is 2.09. The van der Waals surface area contributed by atoms with Gasteiger partial charge in [-0.3, -0.25) is 4.90 Å². The van der Waals surface area contributed by atoms with Crippen molar-refractivity contribution in [1.82, 2.24) is 15.1 Å². The van der Waals surface area contributed by atoms with Gasteiger partial charge in [-0.25, -0.2) is 4.39 Å². The van der Waals surface area contributed by atoms with Gasteiger partial charge >= 0.3 is 0 Å². The Hall–Kier alpha value is -0.230. The molecule has 3 saturated heterocycles. The molecule has 0 aliphatic carbocycles. The number of hydrogen-bond donors (Lipinski definition) is 2. The minimum absolute atomic E-state index is 0.319. The highest BCUT2D eigenvalue weighted by molar-refractivity contribution is 5.00. The third-order valence-corrected chi connectivity index (χ3v) is 5.78. The Morgan fingerprint density at radius 3 is 2.00 bits per heavy atom. The zero-order chi connectivity index (χ0) is 17.8. The van der Waals surface area contributed by atoms with Crippen molar-refractivity contribution in [3.05, 3.63) is 0 Å². The molecule has 0 bridgehead atoms. The summed E-state index contributed by atoms with van der Waals surface area (Å²) in [4.78, 5) is 4.60. The molecule has 142 valence electrons. The number of nitrogens with one attached hydrogen (secondary N) is 1. The first-order valence-corrected chi connectivity index (χ1v) is 9.66. The van der Waals surface area contributed by atoms with Gasteiger partial charge in [-0.05, 0) is 63.2 Å². The summed E-state index contributed by atoms with van der Waals surface area (Å²) in [5.41, 5.74) is 5.24. The van der Waals surface area contributed by atoms with Crippen LogP contribution in [0.4, 0.5) is 4.39 Å². The smallest absolute Gasteiger partial charge is 0.126 e. The predicted octanol–water partition coefficient (Wildman–Crippen LogP) is 2.10. The molecule has 3 rings (SSSR count). The zero-order valence-electron chi connectivity index (χ0n) is 16.3. The van der Waals surface area contributed by atoms with E-state index in [0.29, 0.717) is 30.2 Å². The van der Waals surface area contributed by atoms with Crippen molar-refractivity contribution in [3.63, 3.8) is 0 Å². The number of rotatable bonds is 2. The van der Waals surface area contributed by atoms with Gasteiger partial charge in [0.2, 0.25) is 0 Å². The predicted molar refractivity (Wildman–Crippen MR) is 100 cm³/mol. The minimum atomic E-state index is -0.916. The Morgan fingerprint density at radius 1 is 1.04 bits per heavy atom. The lowest BCUT2D eigenvalue weighted by molar-refractivity contribution is -0.0662. The summed E-state index contributed by atoms with van der Waals surface area (Å²) in [6, 6.07) is 0. The van der Waals surface area contributed by atoms with Gasteiger partial charge in [0, 0.05) is 32.7 Å². The second-order valence-corrected chi connectivity index (χ2v) is 9.61. The van der Waals surface area contributed by atoms with Crippen LogP contribution in [0.15, 0.2) is 0 Å². The topological polar surface area (TPSA) is 44.5 Å². The Bertz CT molecular complexity index is 371. The lowest BCUT2D eigenvalue weighted by atomic mass is 9.72. The fraction of sp³-hybridized carbons (Fsp3) is 1.00. The number of piperidine rings is 2. The minimum Gasteiger partial charge on any atom is -0.330 e. The van der Waals surface area contributed by atoms with E-state index in [1.165, 1.54) is 12.8 Å². The van der Waals surface area contributed by atoms with Gasteiger partial charge in [-0.15, -0.1) is 0 Å². The summed E-state index contributed by atoms with van der Waals surface area (Å²) in [5, 5.41) is 3.42. The maximum absolute atomic E-state index is 14.7. The Labute approximate surface area is 148 Å². The van der Waals surface area contributed by atoms with E-state index in [-0.39, 0.29) is 0 Å². The molecule has 3 aliphatic rings. The molecule has 3 heterocycles. The van der Waals surface area contributed by atoms with Crippen LogP contribution < -0.4 is 11.1 Å². The molecule has 0 atom stereocenters. The number of halogens is 1. The third-order valence-electron chi connectivity index (χ3n) is 5.78. The summed E-state index contributed by atoms with van der Waals surface area (Å²) < 4.78 is 14.7. The van der Waals surface area contributed by atoms with Crippen molar-refractivity contribution < 1.29 is 4.39 Å². The molecule has 0 amide bonds. The Kier molecular flexibility index (Phi) is 6.68. The number of nitrogens with two attached hydrogens (primary N) is 1. The van der Waals surface area contributed by atoms with E-state index in [4.69, 9.17) is 5.73 Å². The number of alkyl halides is 1. The first-order valence-electron chi connectivity index (χ1n) is 9.66. The van der Waals surface area contributed by atoms with E-state index in [9.17, 15) is 4.39 Å². The molecule has 3 fully saturated rings. The maximum atomic E-state index is 14.7. The molecule has 3 aliphatic heterocycles. The van der Waals surface area contributed by atoms with Gasteiger partial charge in [-0.2, -0.15) is 0 Å². The van der Waals surface area contributed by atoms with Crippen LogP contribution in [0.5, 0.6) is 0 Å². The van der Waals surface area contributed by atoms with Crippen LogP contribution in [0.2, 0.25) is 0 Å². The molecule has 4 nitrogen and oxygen atoms in total. The fourth-order valence-electron chi connectivity index (χ4n) is 3.87. The molecule has 0 saturated carbocycles. The SMILES string of the molecule is CC(C)(C)CN.CN1CCC(F)(CN2CC3(CCNCC3)C2)CC1. The van der Waals surface area contributed by atoms with Crippen molar-refractivity contribution in [2.45, 2.75) is 52.1 Å².